The van der Waals surface area contributed by atoms with Crippen LogP contribution in [0.2, 0.25) is 0 Å². The minimum Gasteiger partial charge on any atom is -0.306 e. The van der Waals surface area contributed by atoms with E-state index in [0.29, 0.717) is 68.4 Å². The number of likely N-dealkylation sites (tertiary alicyclic amines) is 2. The van der Waals surface area contributed by atoms with Gasteiger partial charge in [0, 0.05) is 37.3 Å². The van der Waals surface area contributed by atoms with E-state index in [4.69, 9.17) is 9.68 Å². The first kappa shape index (κ1) is 41.3. The fourth-order valence-electron chi connectivity index (χ4n) is 8.44. The topological polar surface area (TPSA) is 118 Å². The lowest BCUT2D eigenvalue weighted by Crippen LogP contribution is -2.37. The van der Waals surface area contributed by atoms with Crippen molar-refractivity contribution in [2.45, 2.75) is 84.5 Å². The van der Waals surface area contributed by atoms with Crippen LogP contribution in [-0.2, 0) is 16.1 Å². The monoisotopic (exact) mass is 794 g/mol. The molecule has 2 aliphatic heterocycles. The number of benzene rings is 4. The summed E-state index contributed by atoms with van der Waals surface area (Å²) in [7, 11) is 0. The zero-order valence-corrected chi connectivity index (χ0v) is 34.6. The summed E-state index contributed by atoms with van der Waals surface area (Å²) in [5.74, 6) is 0.342. The van der Waals surface area contributed by atoms with Gasteiger partial charge in [0.2, 0.25) is 11.6 Å². The van der Waals surface area contributed by atoms with E-state index in [-0.39, 0.29) is 34.8 Å². The summed E-state index contributed by atoms with van der Waals surface area (Å²) < 4.78 is 0. The first-order chi connectivity index (χ1) is 28.5. The average molecular weight is 795 g/mol. The number of nitrogens with zero attached hydrogens (tertiary/aromatic N) is 4. The molecule has 7 rings (SSSR count). The lowest BCUT2D eigenvalue weighted by Gasteiger charge is -2.30. The molecule has 4 aromatic rings. The number of rotatable bonds is 12. The number of carbonyl (C=O) groups is 4. The van der Waals surface area contributed by atoms with Crippen molar-refractivity contribution in [3.05, 3.63) is 130 Å². The van der Waals surface area contributed by atoms with Crippen LogP contribution in [0.3, 0.4) is 0 Å². The standard InChI is InChI=1S/C49H54N4O6/c1-32(2)27-44(50-58-48(56)52-23-19-36(20-24-52)34-11-7-5-8-12-34)46(54)40-17-15-38-29-39-16-18-41(31-43(39)42(38)30-40)47(55)45(28-33(3)4)51-59-49(57)53-25-21-37(22-26-53)35-13-9-6-10-14-35/h5-18,30-33,36-37H,19-29H2,1-4H3/b50-44+,51-45+. The number of Topliss-reactive ketones (excluding diaryl/α,β-unsaturated/α-hetero) is 2. The van der Waals surface area contributed by atoms with E-state index in [2.05, 4.69) is 34.6 Å². The fourth-order valence-corrected chi connectivity index (χ4v) is 8.44. The van der Waals surface area contributed by atoms with Gasteiger partial charge in [0.05, 0.1) is 0 Å². The van der Waals surface area contributed by atoms with Crippen LogP contribution in [0.4, 0.5) is 9.59 Å². The SMILES string of the molecule is CC(C)C/C(=N\OC(=O)N1CCC(c2ccccc2)CC1)C(=O)c1ccc2c(c1)-c1cc(C(=O)/C(CC(C)C)=N/OC(=O)N3CCC(c4ccccc4)CC3)ccc1C2. The Labute approximate surface area is 347 Å². The molecule has 0 N–H and O–H groups in total. The van der Waals surface area contributed by atoms with Gasteiger partial charge in [-0.1, -0.05) is 123 Å². The van der Waals surface area contributed by atoms with Crippen molar-refractivity contribution < 1.29 is 28.9 Å². The fraction of sp³-hybridized carbons (Fsp3) is 0.388. The maximum absolute atomic E-state index is 14.0. The third-order valence-corrected chi connectivity index (χ3v) is 11.7. The number of hydrogen-bond donors (Lipinski definition) is 0. The highest BCUT2D eigenvalue weighted by Gasteiger charge is 2.29. The molecule has 1 aliphatic carbocycles. The molecule has 0 saturated carbocycles. The molecule has 0 bridgehead atoms. The molecule has 0 aromatic heterocycles. The van der Waals surface area contributed by atoms with Gasteiger partial charge in [-0.15, -0.1) is 0 Å². The van der Waals surface area contributed by atoms with E-state index >= 15 is 0 Å². The normalized spacial score (nSPS) is 16.2. The van der Waals surface area contributed by atoms with Crippen molar-refractivity contribution in [2.75, 3.05) is 26.2 Å². The Kier molecular flexibility index (Phi) is 13.1. The minimum absolute atomic E-state index is 0.0922. The predicted molar refractivity (Wildman–Crippen MR) is 230 cm³/mol. The molecule has 0 radical (unpaired) electrons. The van der Waals surface area contributed by atoms with Gasteiger partial charge in [0.1, 0.15) is 11.4 Å². The van der Waals surface area contributed by atoms with Gasteiger partial charge in [0.25, 0.3) is 0 Å². The summed E-state index contributed by atoms with van der Waals surface area (Å²) in [5, 5.41) is 8.33. The van der Waals surface area contributed by atoms with Gasteiger partial charge in [-0.25, -0.2) is 9.59 Å². The molecule has 0 atom stereocenters. The second-order valence-corrected chi connectivity index (χ2v) is 16.9. The summed E-state index contributed by atoms with van der Waals surface area (Å²) in [4.78, 5) is 68.4. The molecule has 0 unspecified atom stereocenters. The average Bonchev–Trinajstić information content (AvgIpc) is 3.63. The third-order valence-electron chi connectivity index (χ3n) is 11.7. The Hall–Kier alpha value is -5.90. The first-order valence-electron chi connectivity index (χ1n) is 21.0. The molecule has 59 heavy (non-hydrogen) atoms. The molecular weight excluding hydrogens is 741 g/mol. The number of fused-ring (bicyclic) bond motifs is 3. The Bertz CT molecular complexity index is 2060. The van der Waals surface area contributed by atoms with Crippen molar-refractivity contribution >= 4 is 35.2 Å². The Morgan fingerprint density at radius 2 is 0.932 bits per heavy atom. The second-order valence-electron chi connectivity index (χ2n) is 16.9. The number of hydrogen-bond acceptors (Lipinski definition) is 8. The maximum atomic E-state index is 14.0. The van der Waals surface area contributed by atoms with Gasteiger partial charge in [-0.3, -0.25) is 19.3 Å². The van der Waals surface area contributed by atoms with E-state index < -0.39 is 12.2 Å². The molecule has 3 aliphatic rings. The van der Waals surface area contributed by atoms with E-state index in [1.807, 2.05) is 88.4 Å². The van der Waals surface area contributed by atoms with Crippen molar-refractivity contribution in [3.8, 4) is 11.1 Å². The summed E-state index contributed by atoms with van der Waals surface area (Å²) in [6.07, 6.45) is 3.56. The lowest BCUT2D eigenvalue weighted by atomic mass is 9.90. The van der Waals surface area contributed by atoms with E-state index in [9.17, 15) is 19.2 Å². The van der Waals surface area contributed by atoms with Crippen molar-refractivity contribution in [1.29, 1.82) is 0 Å². The minimum atomic E-state index is -0.552. The molecule has 2 fully saturated rings. The molecule has 10 nitrogen and oxygen atoms in total. The maximum Gasteiger partial charge on any atom is 0.435 e. The van der Waals surface area contributed by atoms with E-state index in [1.54, 1.807) is 21.9 Å². The number of oxime groups is 2. The molecule has 4 aromatic carbocycles. The third kappa shape index (κ3) is 10.0. The quantitative estimate of drug-likeness (QED) is 0.0537. The molecular formula is C49H54N4O6. The Morgan fingerprint density at radius 3 is 1.29 bits per heavy atom. The molecule has 2 saturated heterocycles. The number of amides is 2. The van der Waals surface area contributed by atoms with Crippen LogP contribution in [-0.4, -0.2) is 71.2 Å². The summed E-state index contributed by atoms with van der Waals surface area (Å²) >= 11 is 0. The summed E-state index contributed by atoms with van der Waals surface area (Å²) in [6.45, 7) is 10.2. The van der Waals surface area contributed by atoms with Crippen LogP contribution in [0.25, 0.3) is 11.1 Å². The lowest BCUT2D eigenvalue weighted by molar-refractivity contribution is 0.0922. The number of ketones is 2. The largest absolute Gasteiger partial charge is 0.435 e. The van der Waals surface area contributed by atoms with Crippen LogP contribution in [0.15, 0.2) is 107 Å². The van der Waals surface area contributed by atoms with Gasteiger partial charge in [-0.05, 0) is 114 Å². The van der Waals surface area contributed by atoms with Crippen LogP contribution in [0.1, 0.15) is 121 Å². The second kappa shape index (κ2) is 18.8. The highest BCUT2D eigenvalue weighted by Crippen LogP contribution is 2.38. The van der Waals surface area contributed by atoms with Crippen LogP contribution >= 0.6 is 0 Å². The van der Waals surface area contributed by atoms with Crippen molar-refractivity contribution in [2.24, 2.45) is 22.1 Å². The van der Waals surface area contributed by atoms with Crippen LogP contribution in [0.5, 0.6) is 0 Å². The van der Waals surface area contributed by atoms with Gasteiger partial charge in [-0.2, -0.15) is 0 Å². The van der Waals surface area contributed by atoms with Crippen molar-refractivity contribution in [3.63, 3.8) is 0 Å². The summed E-state index contributed by atoms with van der Waals surface area (Å²) in [6, 6.07) is 31.8. The highest BCUT2D eigenvalue weighted by molar-refractivity contribution is 6.46. The van der Waals surface area contributed by atoms with Gasteiger partial charge >= 0.3 is 12.2 Å². The number of carbonyl (C=O) groups excluding carboxylic acids is 4. The van der Waals surface area contributed by atoms with E-state index in [0.717, 1.165) is 47.9 Å². The molecule has 2 heterocycles. The Morgan fingerprint density at radius 1 is 0.559 bits per heavy atom. The zero-order valence-electron chi connectivity index (χ0n) is 34.6. The smallest absolute Gasteiger partial charge is 0.306 e. The van der Waals surface area contributed by atoms with Crippen LogP contribution in [0, 0.1) is 11.8 Å². The molecule has 306 valence electrons. The number of piperidine rings is 2. The van der Waals surface area contributed by atoms with Crippen LogP contribution < -0.4 is 0 Å². The predicted octanol–water partition coefficient (Wildman–Crippen LogP) is 10.5. The molecule has 2 amide bonds. The summed E-state index contributed by atoms with van der Waals surface area (Å²) in [5.41, 5.74) is 7.55. The first-order valence-corrected chi connectivity index (χ1v) is 21.0. The molecule has 0 spiro atoms. The van der Waals surface area contributed by atoms with Gasteiger partial charge in [0.15, 0.2) is 0 Å². The van der Waals surface area contributed by atoms with E-state index in [1.165, 1.54) is 11.1 Å². The zero-order chi connectivity index (χ0) is 41.5. The van der Waals surface area contributed by atoms with Gasteiger partial charge < -0.3 is 9.80 Å². The highest BCUT2D eigenvalue weighted by atomic mass is 16.7. The Balaban J connectivity index is 1.03. The molecule has 10 heteroatoms. The van der Waals surface area contributed by atoms with Crippen molar-refractivity contribution in [1.82, 2.24) is 9.80 Å².